The summed E-state index contributed by atoms with van der Waals surface area (Å²) < 4.78 is 57.6. The molecule has 0 aliphatic carbocycles. The number of nitrogens with zero attached hydrogens (tertiary/aromatic N) is 2. The van der Waals surface area contributed by atoms with Gasteiger partial charge >= 0.3 is 5.97 Å². The fourth-order valence-corrected chi connectivity index (χ4v) is 5.87. The highest BCUT2D eigenvalue weighted by atomic mass is 32.2. The van der Waals surface area contributed by atoms with Crippen molar-refractivity contribution in [2.75, 3.05) is 8.61 Å². The summed E-state index contributed by atoms with van der Waals surface area (Å²) in [5.41, 5.74) is 3.92. The van der Waals surface area contributed by atoms with Crippen LogP contribution in [-0.2, 0) is 22.5 Å². The van der Waals surface area contributed by atoms with Gasteiger partial charge in [0.2, 0.25) is 0 Å². The van der Waals surface area contributed by atoms with E-state index in [4.69, 9.17) is 4.74 Å². The summed E-state index contributed by atoms with van der Waals surface area (Å²) in [6.45, 7) is 3.76. The third kappa shape index (κ3) is 6.71. The maximum atomic E-state index is 12.5. The molecule has 5 aromatic carbocycles. The van der Waals surface area contributed by atoms with E-state index in [1.807, 2.05) is 56.3 Å². The summed E-state index contributed by atoms with van der Waals surface area (Å²) in [5.74, 6) is -0.902. The molecule has 224 valence electrons. The summed E-state index contributed by atoms with van der Waals surface area (Å²) >= 11 is -5.47. The third-order valence-corrected chi connectivity index (χ3v) is 8.17. The molecule has 11 heteroatoms. The largest absolute Gasteiger partial charge is 0.755 e. The first-order valence-electron chi connectivity index (χ1n) is 13.3. The number of benzene rings is 5. The van der Waals surface area contributed by atoms with Crippen LogP contribution in [0.3, 0.4) is 0 Å². The van der Waals surface area contributed by atoms with Crippen molar-refractivity contribution in [3.63, 3.8) is 0 Å². The Morgan fingerprint density at radius 2 is 1.14 bits per heavy atom. The summed E-state index contributed by atoms with van der Waals surface area (Å²) in [6.07, 6.45) is 0. The lowest BCUT2D eigenvalue weighted by molar-refractivity contribution is 0.0697. The summed E-state index contributed by atoms with van der Waals surface area (Å²) in [6, 6.07) is 31.8. The Morgan fingerprint density at radius 1 is 0.659 bits per heavy atom. The Kier molecular flexibility index (Phi) is 9.21. The minimum atomic E-state index is -2.81. The molecular formula is C33H26N2O7S2-2. The van der Waals surface area contributed by atoms with Crippen LogP contribution in [0, 0.1) is 13.8 Å². The Hall–Kier alpha value is -4.81. The van der Waals surface area contributed by atoms with Crippen molar-refractivity contribution in [1.29, 1.82) is 0 Å². The van der Waals surface area contributed by atoms with Crippen LogP contribution in [0.5, 0.6) is 11.5 Å². The molecular weight excluding hydrogens is 601 g/mol. The van der Waals surface area contributed by atoms with Crippen LogP contribution in [-0.4, -0.2) is 28.6 Å². The number of hydrogen-bond donors (Lipinski definition) is 1. The SMILES string of the molecule is Cc1ccc(N(c2ccc(Oc3ccc(N(c4ccc(C)cc4)S(=O)[O-])c(-c4ccccc4)c3)cc2C(=O)O)S(=O)[O-])cc1. The highest BCUT2D eigenvalue weighted by molar-refractivity contribution is 7.81. The number of carboxylic acids is 1. The van der Waals surface area contributed by atoms with E-state index in [1.165, 1.54) is 22.5 Å². The van der Waals surface area contributed by atoms with E-state index in [2.05, 4.69) is 0 Å². The Bertz CT molecular complexity index is 1850. The minimum Gasteiger partial charge on any atom is -0.755 e. The molecule has 5 rings (SSSR count). The molecule has 2 atom stereocenters. The second-order valence-corrected chi connectivity index (χ2v) is 11.4. The van der Waals surface area contributed by atoms with Crippen molar-refractivity contribution >= 4 is 51.3 Å². The molecule has 0 saturated carbocycles. The zero-order valence-electron chi connectivity index (χ0n) is 23.6. The van der Waals surface area contributed by atoms with Crippen LogP contribution in [0.25, 0.3) is 11.1 Å². The number of carboxylic acid groups (broad SMARTS) is 1. The number of anilines is 4. The standard InChI is InChI=1S/C33H28N2O7S2/c1-22-8-12-25(13-9-22)34(43(38)39)31-18-16-27(20-29(31)24-6-4-3-5-7-24)42-28-17-19-32(30(21-28)33(36)37)35(44(40)41)26-14-10-23(2)11-15-26/h3-21H,1-2H3,(H,36,37)(H,38,39)(H,40,41)/p-2. The van der Waals surface area contributed by atoms with Gasteiger partial charge in [0.05, 0.1) is 50.8 Å². The van der Waals surface area contributed by atoms with Gasteiger partial charge in [-0.2, -0.15) is 0 Å². The first kappa shape index (κ1) is 30.6. The second-order valence-electron chi connectivity index (χ2n) is 9.83. The van der Waals surface area contributed by atoms with Crippen molar-refractivity contribution in [3.05, 3.63) is 132 Å². The molecule has 0 radical (unpaired) electrons. The van der Waals surface area contributed by atoms with Crippen LogP contribution in [0.2, 0.25) is 0 Å². The Morgan fingerprint density at radius 3 is 1.64 bits per heavy atom. The predicted molar refractivity (Wildman–Crippen MR) is 170 cm³/mol. The van der Waals surface area contributed by atoms with E-state index in [9.17, 15) is 27.4 Å². The van der Waals surface area contributed by atoms with Gasteiger partial charge in [0.25, 0.3) is 0 Å². The Balaban J connectivity index is 1.56. The lowest BCUT2D eigenvalue weighted by Gasteiger charge is -2.29. The summed E-state index contributed by atoms with van der Waals surface area (Å²) in [7, 11) is 0. The van der Waals surface area contributed by atoms with Gasteiger partial charge in [-0.05, 0) is 80.1 Å². The van der Waals surface area contributed by atoms with Crippen LogP contribution in [0.4, 0.5) is 22.7 Å². The van der Waals surface area contributed by atoms with Gasteiger partial charge in [0.1, 0.15) is 11.5 Å². The summed E-state index contributed by atoms with van der Waals surface area (Å²) in [4.78, 5) is 12.3. The first-order valence-corrected chi connectivity index (χ1v) is 15.4. The van der Waals surface area contributed by atoms with Crippen molar-refractivity contribution in [3.8, 4) is 22.6 Å². The molecule has 9 nitrogen and oxygen atoms in total. The molecule has 0 heterocycles. The maximum Gasteiger partial charge on any atom is 0.337 e. The molecule has 0 saturated heterocycles. The number of carbonyl (C=O) groups is 1. The van der Waals surface area contributed by atoms with Gasteiger partial charge in [-0.15, -0.1) is 0 Å². The monoisotopic (exact) mass is 626 g/mol. The number of hydrogen-bond acceptors (Lipinski definition) is 6. The normalized spacial score (nSPS) is 12.3. The van der Waals surface area contributed by atoms with E-state index in [0.29, 0.717) is 22.7 Å². The van der Waals surface area contributed by atoms with Gasteiger partial charge in [-0.25, -0.2) is 4.79 Å². The van der Waals surface area contributed by atoms with Gasteiger partial charge in [-0.3, -0.25) is 17.0 Å². The zero-order valence-corrected chi connectivity index (χ0v) is 25.2. The molecule has 0 amide bonds. The molecule has 44 heavy (non-hydrogen) atoms. The number of ether oxygens (including phenoxy) is 1. The Labute approximate surface area is 259 Å². The van der Waals surface area contributed by atoms with Crippen LogP contribution in [0.15, 0.2) is 115 Å². The smallest absolute Gasteiger partial charge is 0.337 e. The van der Waals surface area contributed by atoms with Crippen LogP contribution < -0.4 is 13.3 Å². The number of aryl methyl sites for hydroxylation is 2. The lowest BCUT2D eigenvalue weighted by Crippen LogP contribution is -2.22. The fourth-order valence-electron chi connectivity index (χ4n) is 4.64. The van der Waals surface area contributed by atoms with E-state index in [1.54, 1.807) is 54.6 Å². The van der Waals surface area contributed by atoms with E-state index >= 15 is 0 Å². The van der Waals surface area contributed by atoms with Gasteiger partial charge in [0, 0.05) is 5.56 Å². The van der Waals surface area contributed by atoms with Crippen LogP contribution >= 0.6 is 0 Å². The number of rotatable bonds is 10. The average Bonchev–Trinajstić information content (AvgIpc) is 3.00. The zero-order chi connectivity index (χ0) is 31.4. The average molecular weight is 627 g/mol. The molecule has 1 N–H and O–H groups in total. The first-order chi connectivity index (χ1) is 21.1. The quantitative estimate of drug-likeness (QED) is 0.161. The molecule has 0 aliphatic heterocycles. The lowest BCUT2D eigenvalue weighted by atomic mass is 10.0. The van der Waals surface area contributed by atoms with E-state index < -0.39 is 28.5 Å². The highest BCUT2D eigenvalue weighted by Gasteiger charge is 2.21. The predicted octanol–water partition coefficient (Wildman–Crippen LogP) is 7.33. The van der Waals surface area contributed by atoms with Gasteiger partial charge in [0.15, 0.2) is 0 Å². The second kappa shape index (κ2) is 13.2. The fraction of sp³-hybridized carbons (Fsp3) is 0.0606. The van der Waals surface area contributed by atoms with Crippen LogP contribution in [0.1, 0.15) is 21.5 Å². The topological polar surface area (TPSA) is 133 Å². The van der Waals surface area contributed by atoms with Crippen molar-refractivity contribution in [2.24, 2.45) is 0 Å². The minimum absolute atomic E-state index is 0.0611. The molecule has 0 spiro atoms. The third-order valence-electron chi connectivity index (χ3n) is 6.76. The van der Waals surface area contributed by atoms with Gasteiger partial charge in [-0.1, -0.05) is 65.7 Å². The van der Waals surface area contributed by atoms with E-state index in [-0.39, 0.29) is 22.7 Å². The molecule has 0 aliphatic rings. The van der Waals surface area contributed by atoms with Crippen molar-refractivity contribution < 1.29 is 32.2 Å². The maximum absolute atomic E-state index is 12.5. The number of aromatic carboxylic acids is 1. The van der Waals surface area contributed by atoms with E-state index in [0.717, 1.165) is 21.0 Å². The van der Waals surface area contributed by atoms with Gasteiger partial charge < -0.3 is 18.9 Å². The molecule has 0 bridgehead atoms. The highest BCUT2D eigenvalue weighted by Crippen LogP contribution is 2.40. The van der Waals surface area contributed by atoms with Crippen molar-refractivity contribution in [2.45, 2.75) is 13.8 Å². The molecule has 5 aromatic rings. The summed E-state index contributed by atoms with van der Waals surface area (Å²) in [5, 5.41) is 10.00. The molecule has 2 unspecified atom stereocenters. The molecule has 0 aromatic heterocycles. The molecule has 0 fully saturated rings. The van der Waals surface area contributed by atoms with Crippen molar-refractivity contribution in [1.82, 2.24) is 0 Å².